The van der Waals surface area contributed by atoms with E-state index in [0.29, 0.717) is 12.1 Å². The highest BCUT2D eigenvalue weighted by Crippen LogP contribution is 2.19. The van der Waals surface area contributed by atoms with Crippen molar-refractivity contribution >= 4 is 32.8 Å². The number of hydrogen-bond acceptors (Lipinski definition) is 4. The molecule has 2 rings (SSSR count). The van der Waals surface area contributed by atoms with Crippen LogP contribution in [0.15, 0.2) is 54.6 Å². The summed E-state index contributed by atoms with van der Waals surface area (Å²) in [6.45, 7) is 1.77. The number of carbonyl (C=O) groups excluding carboxylic acids is 1. The van der Waals surface area contributed by atoms with Gasteiger partial charge in [-0.25, -0.2) is 8.42 Å². The van der Waals surface area contributed by atoms with Gasteiger partial charge in [-0.1, -0.05) is 31.2 Å². The maximum absolute atomic E-state index is 11.9. The van der Waals surface area contributed by atoms with Crippen LogP contribution in [0.5, 0.6) is 0 Å². The van der Waals surface area contributed by atoms with E-state index in [1.165, 1.54) is 0 Å². The Balaban J connectivity index is 2.01. The standard InChI is InChI=1S/C17H20N2O3S/c1-2-11-23(21,22)13-17(20)19-16-10-6-9-15(12-16)18-14-7-4-3-5-8-14/h3-10,12,18H,2,11,13H2,1H3,(H,19,20). The lowest BCUT2D eigenvalue weighted by Gasteiger charge is -2.10. The molecule has 1 amide bonds. The lowest BCUT2D eigenvalue weighted by atomic mass is 10.2. The minimum Gasteiger partial charge on any atom is -0.355 e. The maximum Gasteiger partial charge on any atom is 0.239 e. The highest BCUT2D eigenvalue weighted by Gasteiger charge is 2.15. The van der Waals surface area contributed by atoms with Gasteiger partial charge in [-0.2, -0.15) is 0 Å². The van der Waals surface area contributed by atoms with Crippen molar-refractivity contribution in [3.63, 3.8) is 0 Å². The van der Waals surface area contributed by atoms with Crippen LogP contribution < -0.4 is 10.6 Å². The Morgan fingerprint density at radius 1 is 0.957 bits per heavy atom. The van der Waals surface area contributed by atoms with Crippen LogP contribution in [0.3, 0.4) is 0 Å². The molecule has 122 valence electrons. The van der Waals surface area contributed by atoms with Crippen molar-refractivity contribution in [1.82, 2.24) is 0 Å². The van der Waals surface area contributed by atoms with E-state index in [4.69, 9.17) is 0 Å². The Kier molecular flexibility index (Phi) is 5.76. The summed E-state index contributed by atoms with van der Waals surface area (Å²) in [4.78, 5) is 11.9. The monoisotopic (exact) mass is 332 g/mol. The van der Waals surface area contributed by atoms with Crippen LogP contribution in [0.1, 0.15) is 13.3 Å². The van der Waals surface area contributed by atoms with E-state index in [-0.39, 0.29) is 5.75 Å². The largest absolute Gasteiger partial charge is 0.355 e. The molecule has 2 aromatic carbocycles. The van der Waals surface area contributed by atoms with Gasteiger partial charge in [0.1, 0.15) is 5.75 Å². The molecule has 0 spiro atoms. The zero-order valence-corrected chi connectivity index (χ0v) is 13.8. The third kappa shape index (κ3) is 5.75. The molecule has 0 heterocycles. The van der Waals surface area contributed by atoms with E-state index < -0.39 is 21.5 Å². The van der Waals surface area contributed by atoms with Crippen molar-refractivity contribution in [2.24, 2.45) is 0 Å². The van der Waals surface area contributed by atoms with Crippen LogP contribution >= 0.6 is 0 Å². The van der Waals surface area contributed by atoms with Crippen LogP contribution in [0.25, 0.3) is 0 Å². The van der Waals surface area contributed by atoms with Gasteiger partial charge in [0.15, 0.2) is 9.84 Å². The second-order valence-electron chi connectivity index (χ2n) is 5.21. The normalized spacial score (nSPS) is 11.0. The third-order valence-electron chi connectivity index (χ3n) is 3.07. The molecule has 0 aliphatic rings. The number of para-hydroxylation sites is 1. The fourth-order valence-electron chi connectivity index (χ4n) is 2.14. The number of benzene rings is 2. The van der Waals surface area contributed by atoms with Gasteiger partial charge >= 0.3 is 0 Å². The van der Waals surface area contributed by atoms with Gasteiger partial charge in [-0.3, -0.25) is 4.79 Å². The molecular formula is C17H20N2O3S. The number of amides is 1. The highest BCUT2D eigenvalue weighted by atomic mass is 32.2. The molecule has 2 N–H and O–H groups in total. The summed E-state index contributed by atoms with van der Waals surface area (Å²) in [5, 5.41) is 5.84. The predicted octanol–water partition coefficient (Wildman–Crippen LogP) is 3.19. The number of rotatable bonds is 7. The quantitative estimate of drug-likeness (QED) is 0.816. The number of anilines is 3. The van der Waals surface area contributed by atoms with Crippen molar-refractivity contribution in [3.05, 3.63) is 54.6 Å². The van der Waals surface area contributed by atoms with Gasteiger partial charge in [0.25, 0.3) is 0 Å². The van der Waals surface area contributed by atoms with E-state index in [1.807, 2.05) is 36.4 Å². The van der Waals surface area contributed by atoms with Crippen LogP contribution in [-0.2, 0) is 14.6 Å². The molecule has 0 aliphatic carbocycles. The maximum atomic E-state index is 11.9. The minimum atomic E-state index is -3.34. The van der Waals surface area contributed by atoms with E-state index in [1.54, 1.807) is 25.1 Å². The molecule has 23 heavy (non-hydrogen) atoms. The smallest absolute Gasteiger partial charge is 0.239 e. The van der Waals surface area contributed by atoms with Crippen LogP contribution in [0.2, 0.25) is 0 Å². The van der Waals surface area contributed by atoms with Crippen LogP contribution in [0.4, 0.5) is 17.1 Å². The molecule has 0 aromatic heterocycles. The van der Waals surface area contributed by atoms with E-state index in [2.05, 4.69) is 10.6 Å². The number of hydrogen-bond donors (Lipinski definition) is 2. The molecule has 0 radical (unpaired) electrons. The second kappa shape index (κ2) is 7.78. The zero-order chi connectivity index (χ0) is 16.7. The summed E-state index contributed by atoms with van der Waals surface area (Å²) < 4.78 is 23.3. The third-order valence-corrected chi connectivity index (χ3v) is 4.81. The molecule has 0 aliphatic heterocycles. The number of nitrogens with one attached hydrogen (secondary N) is 2. The van der Waals surface area contributed by atoms with Crippen molar-refractivity contribution in [3.8, 4) is 0 Å². The first-order chi connectivity index (χ1) is 11.0. The summed E-state index contributed by atoms with van der Waals surface area (Å²) >= 11 is 0. The Morgan fingerprint density at radius 2 is 1.61 bits per heavy atom. The lowest BCUT2D eigenvalue weighted by Crippen LogP contribution is -2.24. The van der Waals surface area contributed by atoms with Crippen LogP contribution in [-0.4, -0.2) is 25.8 Å². The van der Waals surface area contributed by atoms with Gasteiger partial charge in [0.2, 0.25) is 5.91 Å². The molecule has 0 unspecified atom stereocenters. The van der Waals surface area contributed by atoms with Crippen LogP contribution in [0, 0.1) is 0 Å². The first-order valence-corrected chi connectivity index (χ1v) is 9.23. The molecule has 0 fully saturated rings. The van der Waals surface area contributed by atoms with Gasteiger partial charge in [0, 0.05) is 17.1 Å². The zero-order valence-electron chi connectivity index (χ0n) is 13.0. The Morgan fingerprint density at radius 3 is 2.30 bits per heavy atom. The molecule has 6 heteroatoms. The van der Waals surface area contributed by atoms with E-state index in [9.17, 15) is 13.2 Å². The molecular weight excluding hydrogens is 312 g/mol. The fourth-order valence-corrected chi connectivity index (χ4v) is 3.38. The first-order valence-electron chi connectivity index (χ1n) is 7.41. The Bertz CT molecular complexity index is 758. The highest BCUT2D eigenvalue weighted by molar-refractivity contribution is 7.92. The summed E-state index contributed by atoms with van der Waals surface area (Å²) in [6, 6.07) is 16.8. The molecule has 0 atom stereocenters. The van der Waals surface area contributed by atoms with Crippen molar-refractivity contribution in [2.75, 3.05) is 22.1 Å². The summed E-state index contributed by atoms with van der Waals surface area (Å²) in [6.07, 6.45) is 0.506. The predicted molar refractivity (Wildman–Crippen MR) is 93.7 cm³/mol. The fraction of sp³-hybridized carbons (Fsp3) is 0.235. The molecule has 2 aromatic rings. The summed E-state index contributed by atoms with van der Waals surface area (Å²) in [7, 11) is -3.34. The molecule has 5 nitrogen and oxygen atoms in total. The topological polar surface area (TPSA) is 75.3 Å². The van der Waals surface area contributed by atoms with Crippen molar-refractivity contribution in [1.29, 1.82) is 0 Å². The van der Waals surface area contributed by atoms with Gasteiger partial charge < -0.3 is 10.6 Å². The van der Waals surface area contributed by atoms with Crippen molar-refractivity contribution in [2.45, 2.75) is 13.3 Å². The lowest BCUT2D eigenvalue weighted by molar-refractivity contribution is -0.113. The molecule has 0 saturated carbocycles. The average Bonchev–Trinajstić information content (AvgIpc) is 2.47. The average molecular weight is 332 g/mol. The Labute approximate surface area is 136 Å². The SMILES string of the molecule is CCCS(=O)(=O)CC(=O)Nc1cccc(Nc2ccccc2)c1. The van der Waals surface area contributed by atoms with E-state index >= 15 is 0 Å². The van der Waals surface area contributed by atoms with Gasteiger partial charge in [-0.05, 0) is 36.8 Å². The second-order valence-corrected chi connectivity index (χ2v) is 7.40. The Hall–Kier alpha value is -2.34. The number of carbonyl (C=O) groups is 1. The number of sulfone groups is 1. The van der Waals surface area contributed by atoms with E-state index in [0.717, 1.165) is 11.4 Å². The molecule has 0 bridgehead atoms. The summed E-state index contributed by atoms with van der Waals surface area (Å²) in [5.74, 6) is -0.983. The van der Waals surface area contributed by atoms with Gasteiger partial charge in [-0.15, -0.1) is 0 Å². The summed E-state index contributed by atoms with van der Waals surface area (Å²) in [5.41, 5.74) is 2.30. The van der Waals surface area contributed by atoms with Gasteiger partial charge in [0.05, 0.1) is 5.75 Å². The molecule has 0 saturated heterocycles. The minimum absolute atomic E-state index is 0.0238. The first kappa shape index (κ1) is 17.0. The van der Waals surface area contributed by atoms with Crippen molar-refractivity contribution < 1.29 is 13.2 Å².